The van der Waals surface area contributed by atoms with E-state index in [1.807, 2.05) is 19.9 Å². The van der Waals surface area contributed by atoms with Crippen LogP contribution >= 0.6 is 0 Å². The third-order valence-corrected chi connectivity index (χ3v) is 4.47. The number of hydrogen-bond donors (Lipinski definition) is 0. The maximum atomic E-state index is 6.18. The summed E-state index contributed by atoms with van der Waals surface area (Å²) in [6.45, 7) is 10.2. The van der Waals surface area contributed by atoms with E-state index in [2.05, 4.69) is 13.5 Å². The standard InChI is InChI=1S/C16H28O2/c1-5-12(2)14-11-15(18-16(3,4)17-14)13-9-7-6-8-10-13/h5,12-15H,1,6-11H2,2-4H3/t12-,14?,15?/m0/s1. The number of ether oxygens (including phenoxy) is 2. The Kier molecular flexibility index (Phi) is 4.50. The molecule has 2 aliphatic rings. The fraction of sp³-hybridized carbons (Fsp3) is 0.875. The van der Waals surface area contributed by atoms with E-state index in [4.69, 9.17) is 9.47 Å². The third kappa shape index (κ3) is 3.36. The molecule has 18 heavy (non-hydrogen) atoms. The van der Waals surface area contributed by atoms with Crippen LogP contribution in [0.3, 0.4) is 0 Å². The molecule has 2 nitrogen and oxygen atoms in total. The van der Waals surface area contributed by atoms with Crippen molar-refractivity contribution in [1.29, 1.82) is 0 Å². The van der Waals surface area contributed by atoms with Gasteiger partial charge in [0.1, 0.15) is 0 Å². The first-order valence-electron chi connectivity index (χ1n) is 7.50. The highest BCUT2D eigenvalue weighted by molar-refractivity contribution is 4.90. The van der Waals surface area contributed by atoms with Crippen LogP contribution < -0.4 is 0 Å². The van der Waals surface area contributed by atoms with Gasteiger partial charge in [-0.15, -0.1) is 6.58 Å². The van der Waals surface area contributed by atoms with Crippen LogP contribution in [0.5, 0.6) is 0 Å². The Morgan fingerprint density at radius 1 is 1.17 bits per heavy atom. The van der Waals surface area contributed by atoms with Gasteiger partial charge in [0.05, 0.1) is 12.2 Å². The van der Waals surface area contributed by atoms with Crippen LogP contribution in [0, 0.1) is 11.8 Å². The van der Waals surface area contributed by atoms with E-state index in [-0.39, 0.29) is 6.10 Å². The summed E-state index contributed by atoms with van der Waals surface area (Å²) in [5.74, 6) is 0.697. The number of rotatable bonds is 3. The molecule has 0 amide bonds. The average molecular weight is 252 g/mol. The van der Waals surface area contributed by atoms with E-state index in [1.165, 1.54) is 32.1 Å². The Morgan fingerprint density at radius 3 is 2.44 bits per heavy atom. The molecule has 1 saturated heterocycles. The lowest BCUT2D eigenvalue weighted by Crippen LogP contribution is -2.49. The van der Waals surface area contributed by atoms with E-state index in [1.54, 1.807) is 0 Å². The predicted molar refractivity (Wildman–Crippen MR) is 74.4 cm³/mol. The molecule has 1 aliphatic heterocycles. The molecule has 0 radical (unpaired) electrons. The Labute approximate surface area is 112 Å². The topological polar surface area (TPSA) is 18.5 Å². The summed E-state index contributed by atoms with van der Waals surface area (Å²) in [6.07, 6.45) is 10.5. The second-order valence-corrected chi connectivity index (χ2v) is 6.44. The highest BCUT2D eigenvalue weighted by Gasteiger charge is 2.40. The summed E-state index contributed by atoms with van der Waals surface area (Å²) >= 11 is 0. The van der Waals surface area contributed by atoms with Crippen LogP contribution in [0.1, 0.15) is 59.3 Å². The molecule has 104 valence electrons. The van der Waals surface area contributed by atoms with E-state index in [9.17, 15) is 0 Å². The first kappa shape index (κ1) is 14.1. The lowest BCUT2D eigenvalue weighted by atomic mass is 9.81. The molecular formula is C16H28O2. The molecule has 0 aromatic carbocycles. The van der Waals surface area contributed by atoms with Crippen molar-refractivity contribution in [3.63, 3.8) is 0 Å². The zero-order valence-corrected chi connectivity index (χ0v) is 12.2. The molecule has 1 heterocycles. The van der Waals surface area contributed by atoms with Gasteiger partial charge in [-0.1, -0.05) is 32.3 Å². The second-order valence-electron chi connectivity index (χ2n) is 6.44. The Hall–Kier alpha value is -0.340. The van der Waals surface area contributed by atoms with Crippen LogP contribution in [-0.2, 0) is 9.47 Å². The summed E-state index contributed by atoms with van der Waals surface area (Å²) in [6, 6.07) is 0. The zero-order chi connectivity index (χ0) is 13.2. The van der Waals surface area contributed by atoms with Crippen molar-refractivity contribution in [2.45, 2.75) is 77.3 Å². The van der Waals surface area contributed by atoms with E-state index in [0.29, 0.717) is 12.0 Å². The van der Waals surface area contributed by atoms with E-state index in [0.717, 1.165) is 12.3 Å². The van der Waals surface area contributed by atoms with Gasteiger partial charge >= 0.3 is 0 Å². The summed E-state index contributed by atoms with van der Waals surface area (Å²) in [7, 11) is 0. The van der Waals surface area contributed by atoms with Gasteiger partial charge in [0.15, 0.2) is 5.79 Å². The zero-order valence-electron chi connectivity index (χ0n) is 12.2. The minimum absolute atomic E-state index is 0.262. The molecule has 0 aromatic heterocycles. The molecule has 1 aliphatic carbocycles. The number of hydrogen-bond acceptors (Lipinski definition) is 2. The second kappa shape index (κ2) is 5.75. The van der Waals surface area contributed by atoms with Gasteiger partial charge in [-0.3, -0.25) is 0 Å². The molecular weight excluding hydrogens is 224 g/mol. The fourth-order valence-electron chi connectivity index (χ4n) is 3.35. The molecule has 0 N–H and O–H groups in total. The van der Waals surface area contributed by atoms with Gasteiger partial charge in [-0.2, -0.15) is 0 Å². The van der Waals surface area contributed by atoms with Crippen LogP contribution in [0.2, 0.25) is 0 Å². The molecule has 2 heteroatoms. The minimum atomic E-state index is -0.442. The van der Waals surface area contributed by atoms with E-state index < -0.39 is 5.79 Å². The van der Waals surface area contributed by atoms with Crippen LogP contribution in [0.25, 0.3) is 0 Å². The van der Waals surface area contributed by atoms with Crippen molar-refractivity contribution in [3.05, 3.63) is 12.7 Å². The highest BCUT2D eigenvalue weighted by atomic mass is 16.7. The quantitative estimate of drug-likeness (QED) is 0.697. The maximum absolute atomic E-state index is 6.18. The van der Waals surface area contributed by atoms with Gasteiger partial charge < -0.3 is 9.47 Å². The lowest BCUT2D eigenvalue weighted by molar-refractivity contribution is -0.314. The van der Waals surface area contributed by atoms with Crippen LogP contribution in [0.15, 0.2) is 12.7 Å². The van der Waals surface area contributed by atoms with Gasteiger partial charge in [0.2, 0.25) is 0 Å². The van der Waals surface area contributed by atoms with Crippen LogP contribution in [0.4, 0.5) is 0 Å². The van der Waals surface area contributed by atoms with Crippen LogP contribution in [-0.4, -0.2) is 18.0 Å². The van der Waals surface area contributed by atoms with Crippen molar-refractivity contribution in [1.82, 2.24) is 0 Å². The summed E-state index contributed by atoms with van der Waals surface area (Å²) in [4.78, 5) is 0. The average Bonchev–Trinajstić information content (AvgIpc) is 2.37. The van der Waals surface area contributed by atoms with Crippen molar-refractivity contribution in [3.8, 4) is 0 Å². The first-order valence-corrected chi connectivity index (χ1v) is 7.50. The SMILES string of the molecule is C=C[C@H](C)C1CC(C2CCCCC2)OC(C)(C)O1. The molecule has 0 bridgehead atoms. The predicted octanol–water partition coefficient (Wildman–Crippen LogP) is 4.30. The van der Waals surface area contributed by atoms with Gasteiger partial charge in [-0.05, 0) is 32.6 Å². The summed E-state index contributed by atoms with van der Waals surface area (Å²) in [5.41, 5.74) is 0. The largest absolute Gasteiger partial charge is 0.347 e. The summed E-state index contributed by atoms with van der Waals surface area (Å²) < 4.78 is 12.2. The molecule has 1 saturated carbocycles. The normalized spacial score (nSPS) is 35.1. The van der Waals surface area contributed by atoms with Gasteiger partial charge in [0, 0.05) is 12.3 Å². The lowest BCUT2D eigenvalue weighted by Gasteiger charge is -2.45. The highest BCUT2D eigenvalue weighted by Crippen LogP contribution is 2.38. The summed E-state index contributed by atoms with van der Waals surface area (Å²) in [5, 5.41) is 0. The first-order chi connectivity index (χ1) is 8.52. The third-order valence-electron chi connectivity index (χ3n) is 4.47. The van der Waals surface area contributed by atoms with Crippen molar-refractivity contribution >= 4 is 0 Å². The molecule has 2 rings (SSSR count). The fourth-order valence-corrected chi connectivity index (χ4v) is 3.35. The van der Waals surface area contributed by atoms with Crippen molar-refractivity contribution in [2.75, 3.05) is 0 Å². The molecule has 2 fully saturated rings. The Bertz CT molecular complexity index is 279. The molecule has 2 unspecified atom stereocenters. The Morgan fingerprint density at radius 2 is 1.83 bits per heavy atom. The van der Waals surface area contributed by atoms with Gasteiger partial charge in [-0.25, -0.2) is 0 Å². The van der Waals surface area contributed by atoms with Crippen molar-refractivity contribution in [2.24, 2.45) is 11.8 Å². The maximum Gasteiger partial charge on any atom is 0.163 e. The molecule has 0 spiro atoms. The van der Waals surface area contributed by atoms with Gasteiger partial charge in [0.25, 0.3) is 0 Å². The monoisotopic (exact) mass is 252 g/mol. The van der Waals surface area contributed by atoms with Crippen molar-refractivity contribution < 1.29 is 9.47 Å². The Balaban J connectivity index is 2.03. The molecule has 3 atom stereocenters. The molecule has 0 aromatic rings. The smallest absolute Gasteiger partial charge is 0.163 e. The minimum Gasteiger partial charge on any atom is -0.347 e. The van der Waals surface area contributed by atoms with E-state index >= 15 is 0 Å².